The highest BCUT2D eigenvalue weighted by molar-refractivity contribution is 14.0. The van der Waals surface area contributed by atoms with Crippen molar-refractivity contribution in [2.45, 2.75) is 39.3 Å². The van der Waals surface area contributed by atoms with Gasteiger partial charge in [-0.3, -0.25) is 9.69 Å². The second-order valence-corrected chi connectivity index (χ2v) is 6.33. The molecule has 1 heterocycles. The molecule has 0 radical (unpaired) electrons. The highest BCUT2D eigenvalue weighted by Crippen LogP contribution is 2.13. The number of carbonyl (C=O) groups is 1. The lowest BCUT2D eigenvalue weighted by molar-refractivity contribution is -0.119. The van der Waals surface area contributed by atoms with E-state index in [1.54, 1.807) is 0 Å². The maximum Gasteiger partial charge on any atom is 0.241 e. The molecule has 1 fully saturated rings. The van der Waals surface area contributed by atoms with Gasteiger partial charge in [0.25, 0.3) is 0 Å². The molecular formula is C19H32IN5O. The average molecular weight is 473 g/mol. The normalized spacial score (nSPS) is 15.8. The molecule has 0 saturated carbocycles. The zero-order valence-corrected chi connectivity index (χ0v) is 18.2. The first-order valence-corrected chi connectivity index (χ1v) is 9.29. The summed E-state index contributed by atoms with van der Waals surface area (Å²) in [6.45, 7) is 8.69. The predicted molar refractivity (Wildman–Crippen MR) is 118 cm³/mol. The first kappa shape index (κ1) is 22.7. The summed E-state index contributed by atoms with van der Waals surface area (Å²) in [6.07, 6.45) is 2.16. The number of hydrogen-bond donors (Lipinski definition) is 3. The Kier molecular flexibility index (Phi) is 11.3. The molecule has 0 bridgehead atoms. The summed E-state index contributed by atoms with van der Waals surface area (Å²) in [5.41, 5.74) is 1.37. The van der Waals surface area contributed by atoms with Gasteiger partial charge in [-0.05, 0) is 32.3 Å². The third-order valence-electron chi connectivity index (χ3n) is 4.28. The number of benzene rings is 1. The van der Waals surface area contributed by atoms with E-state index in [2.05, 4.69) is 56.2 Å². The second-order valence-electron chi connectivity index (χ2n) is 6.33. The van der Waals surface area contributed by atoms with E-state index in [9.17, 15) is 4.79 Å². The van der Waals surface area contributed by atoms with Gasteiger partial charge in [0.2, 0.25) is 5.91 Å². The summed E-state index contributed by atoms with van der Waals surface area (Å²) in [5.74, 6) is 0.688. The molecule has 0 aromatic heterocycles. The molecule has 1 aliphatic heterocycles. The number of likely N-dealkylation sites (tertiary alicyclic amines) is 1. The fraction of sp³-hybridized carbons (Fsp3) is 0.579. The lowest BCUT2D eigenvalue weighted by Gasteiger charge is -2.33. The molecule has 146 valence electrons. The fourth-order valence-corrected chi connectivity index (χ4v) is 2.99. The molecule has 3 N–H and O–H groups in total. The van der Waals surface area contributed by atoms with E-state index in [-0.39, 0.29) is 36.4 Å². The Morgan fingerprint density at radius 1 is 1.12 bits per heavy atom. The van der Waals surface area contributed by atoms with Gasteiger partial charge < -0.3 is 16.0 Å². The Hall–Kier alpha value is -1.35. The summed E-state index contributed by atoms with van der Waals surface area (Å²) in [6, 6.07) is 11.0. The van der Waals surface area contributed by atoms with Crippen LogP contribution >= 0.6 is 24.0 Å². The maximum atomic E-state index is 11.6. The van der Waals surface area contributed by atoms with Crippen molar-refractivity contribution in [2.24, 2.45) is 4.99 Å². The highest BCUT2D eigenvalue weighted by Gasteiger charge is 2.20. The van der Waals surface area contributed by atoms with Crippen molar-refractivity contribution in [1.82, 2.24) is 20.9 Å². The van der Waals surface area contributed by atoms with Crippen molar-refractivity contribution < 1.29 is 4.79 Å². The molecule has 6 nitrogen and oxygen atoms in total. The van der Waals surface area contributed by atoms with Crippen LogP contribution in [0.5, 0.6) is 0 Å². The van der Waals surface area contributed by atoms with Crippen LogP contribution in [-0.2, 0) is 11.3 Å². The maximum absolute atomic E-state index is 11.6. The third kappa shape index (κ3) is 8.35. The van der Waals surface area contributed by atoms with Crippen LogP contribution in [0, 0.1) is 0 Å². The molecule has 2 rings (SSSR count). The molecular weight excluding hydrogens is 441 g/mol. The van der Waals surface area contributed by atoms with Gasteiger partial charge in [-0.1, -0.05) is 30.3 Å². The summed E-state index contributed by atoms with van der Waals surface area (Å²) in [5, 5.41) is 9.46. The topological polar surface area (TPSA) is 68.8 Å². The number of carbonyl (C=O) groups excluding carboxylic acids is 1. The minimum atomic E-state index is -0.0441. The smallest absolute Gasteiger partial charge is 0.241 e. The van der Waals surface area contributed by atoms with Crippen LogP contribution in [0.4, 0.5) is 0 Å². The lowest BCUT2D eigenvalue weighted by Crippen LogP contribution is -2.48. The van der Waals surface area contributed by atoms with Crippen LogP contribution in [0.25, 0.3) is 0 Å². The van der Waals surface area contributed by atoms with Crippen LogP contribution in [0.2, 0.25) is 0 Å². The third-order valence-corrected chi connectivity index (χ3v) is 4.28. The molecule has 1 aromatic rings. The summed E-state index contributed by atoms with van der Waals surface area (Å²) >= 11 is 0. The molecule has 0 aliphatic carbocycles. The quantitative estimate of drug-likeness (QED) is 0.322. The molecule has 0 atom stereocenters. The highest BCUT2D eigenvalue weighted by atomic mass is 127. The van der Waals surface area contributed by atoms with Crippen LogP contribution in [0.3, 0.4) is 0 Å². The van der Waals surface area contributed by atoms with Crippen molar-refractivity contribution >= 4 is 35.8 Å². The van der Waals surface area contributed by atoms with Crippen molar-refractivity contribution in [3.05, 3.63) is 35.9 Å². The van der Waals surface area contributed by atoms with Gasteiger partial charge in [0.15, 0.2) is 5.96 Å². The summed E-state index contributed by atoms with van der Waals surface area (Å²) in [7, 11) is 0. The number of piperidine rings is 1. The van der Waals surface area contributed by atoms with E-state index in [0.29, 0.717) is 12.6 Å². The minimum absolute atomic E-state index is 0. The van der Waals surface area contributed by atoms with Gasteiger partial charge in [0.05, 0.1) is 0 Å². The Morgan fingerprint density at radius 2 is 1.77 bits per heavy atom. The molecule has 26 heavy (non-hydrogen) atoms. The van der Waals surface area contributed by atoms with E-state index >= 15 is 0 Å². The number of halogens is 1. The van der Waals surface area contributed by atoms with Crippen LogP contribution < -0.4 is 16.0 Å². The number of aliphatic imine (C=N–C) groups is 1. The Morgan fingerprint density at radius 3 is 2.38 bits per heavy atom. The van der Waals surface area contributed by atoms with Crippen molar-refractivity contribution in [3.63, 3.8) is 0 Å². The summed E-state index contributed by atoms with van der Waals surface area (Å²) in [4.78, 5) is 18.5. The Balaban J connectivity index is 0.00000338. The number of hydrogen-bond acceptors (Lipinski definition) is 3. The number of nitrogens with one attached hydrogen (secondary N) is 3. The molecule has 1 aliphatic rings. The van der Waals surface area contributed by atoms with Crippen LogP contribution in [0.15, 0.2) is 35.3 Å². The van der Waals surface area contributed by atoms with Gasteiger partial charge in [-0.15, -0.1) is 24.0 Å². The van der Waals surface area contributed by atoms with Gasteiger partial charge >= 0.3 is 0 Å². The molecule has 0 spiro atoms. The first-order chi connectivity index (χ1) is 12.2. The minimum Gasteiger partial charge on any atom is -0.357 e. The zero-order valence-electron chi connectivity index (χ0n) is 15.8. The largest absolute Gasteiger partial charge is 0.357 e. The van der Waals surface area contributed by atoms with E-state index in [1.807, 2.05) is 13.8 Å². The number of amides is 1. The molecule has 1 saturated heterocycles. The van der Waals surface area contributed by atoms with Crippen molar-refractivity contribution in [3.8, 4) is 0 Å². The van der Waals surface area contributed by atoms with Crippen LogP contribution in [0.1, 0.15) is 32.3 Å². The lowest BCUT2D eigenvalue weighted by atomic mass is 10.0. The number of rotatable bonds is 7. The molecule has 1 amide bonds. The fourth-order valence-electron chi connectivity index (χ4n) is 2.99. The SMILES string of the molecule is CCNC(=O)CN=C(NCC)NC1CCN(Cc2ccccc2)CC1.I. The monoisotopic (exact) mass is 473 g/mol. The van der Waals surface area contributed by atoms with Gasteiger partial charge in [0, 0.05) is 38.8 Å². The second kappa shape index (κ2) is 12.9. The first-order valence-electron chi connectivity index (χ1n) is 9.29. The van der Waals surface area contributed by atoms with E-state index in [1.165, 1.54) is 5.56 Å². The van der Waals surface area contributed by atoms with Crippen molar-refractivity contribution in [1.29, 1.82) is 0 Å². The van der Waals surface area contributed by atoms with Gasteiger partial charge in [-0.25, -0.2) is 4.99 Å². The van der Waals surface area contributed by atoms with Crippen LogP contribution in [-0.4, -0.2) is 55.5 Å². The average Bonchev–Trinajstić information content (AvgIpc) is 2.63. The summed E-state index contributed by atoms with van der Waals surface area (Å²) < 4.78 is 0. The molecule has 1 aromatic carbocycles. The van der Waals surface area contributed by atoms with Gasteiger partial charge in [-0.2, -0.15) is 0 Å². The zero-order chi connectivity index (χ0) is 17.9. The van der Waals surface area contributed by atoms with E-state index < -0.39 is 0 Å². The number of guanidine groups is 1. The van der Waals surface area contributed by atoms with Crippen molar-refractivity contribution in [2.75, 3.05) is 32.7 Å². The number of nitrogens with zero attached hydrogens (tertiary/aromatic N) is 2. The Bertz CT molecular complexity index is 544. The van der Waals surface area contributed by atoms with E-state index in [0.717, 1.165) is 45.0 Å². The molecule has 0 unspecified atom stereocenters. The van der Waals surface area contributed by atoms with E-state index in [4.69, 9.17) is 0 Å². The number of likely N-dealkylation sites (N-methyl/N-ethyl adjacent to an activating group) is 1. The Labute approximate surface area is 174 Å². The molecule has 7 heteroatoms. The standard InChI is InChI=1S/C19H31N5O.HI/c1-3-20-18(25)14-22-19(21-4-2)23-17-10-12-24(13-11-17)15-16-8-6-5-7-9-16;/h5-9,17H,3-4,10-15H2,1-2H3,(H,20,25)(H2,21,22,23);1H. The predicted octanol–water partition coefficient (Wildman–Crippen LogP) is 1.96. The van der Waals surface area contributed by atoms with Gasteiger partial charge in [0.1, 0.15) is 6.54 Å².